The van der Waals surface area contributed by atoms with Crippen molar-refractivity contribution in [2.75, 3.05) is 13.7 Å². The first-order valence-electron chi connectivity index (χ1n) is 7.68. The fourth-order valence-electron chi connectivity index (χ4n) is 1.62. The lowest BCUT2D eigenvalue weighted by molar-refractivity contribution is 0.410. The summed E-state index contributed by atoms with van der Waals surface area (Å²) in [5.74, 6) is 2.46. The molecule has 0 spiro atoms. The Labute approximate surface area is 146 Å². The Hall–Kier alpha value is -1.75. The highest BCUT2D eigenvalue weighted by Crippen LogP contribution is 2.21. The molecule has 1 aromatic rings. The number of amidine groups is 1. The summed E-state index contributed by atoms with van der Waals surface area (Å²) in [5, 5.41) is 2.97. The van der Waals surface area contributed by atoms with Gasteiger partial charge in [-0.2, -0.15) is 0 Å². The number of thiol groups is 1. The van der Waals surface area contributed by atoms with Crippen molar-refractivity contribution < 1.29 is 4.74 Å². The van der Waals surface area contributed by atoms with Gasteiger partial charge in [0.1, 0.15) is 5.75 Å². The fraction of sp³-hybridized carbons (Fsp3) is 0.444. The van der Waals surface area contributed by atoms with Crippen molar-refractivity contribution in [2.45, 2.75) is 39.0 Å². The minimum Gasteiger partial charge on any atom is -0.496 e. The molecule has 0 saturated heterocycles. The van der Waals surface area contributed by atoms with Crippen LogP contribution in [0, 0.1) is 5.92 Å². The van der Waals surface area contributed by atoms with Crippen LogP contribution in [0.3, 0.4) is 0 Å². The van der Waals surface area contributed by atoms with Gasteiger partial charge in [-0.25, -0.2) is 0 Å². The number of nitrogens with one attached hydrogen (secondary N) is 1. The maximum Gasteiger partial charge on any atom is 0.122 e. The van der Waals surface area contributed by atoms with Crippen molar-refractivity contribution in [3.8, 4) is 5.75 Å². The minimum absolute atomic E-state index is 0.600. The van der Waals surface area contributed by atoms with E-state index in [1.807, 2.05) is 25.1 Å². The number of rotatable bonds is 6. The molecule has 0 fully saturated rings. The second-order valence-corrected chi connectivity index (χ2v) is 5.83. The number of nitrogens with zero attached hydrogens (tertiary/aromatic N) is 2. The molecule has 0 aliphatic rings. The summed E-state index contributed by atoms with van der Waals surface area (Å²) in [5.41, 5.74) is 1.21. The Morgan fingerprint density at radius 3 is 2.65 bits per heavy atom. The number of hydrogen-bond acceptors (Lipinski definition) is 4. The van der Waals surface area contributed by atoms with Crippen LogP contribution in [0.5, 0.6) is 5.75 Å². The Morgan fingerprint density at radius 2 is 2.13 bits per heavy atom. The lowest BCUT2D eigenvalue weighted by Gasteiger charge is -2.05. The molecule has 0 unspecified atom stereocenters. The number of hydrogen-bond donors (Lipinski definition) is 2. The topological polar surface area (TPSA) is 46.0 Å². The predicted molar refractivity (Wildman–Crippen MR) is 104 cm³/mol. The zero-order valence-electron chi connectivity index (χ0n) is 14.8. The molecule has 0 radical (unpaired) electrons. The molecule has 0 atom stereocenters. The Morgan fingerprint density at radius 1 is 1.43 bits per heavy atom. The summed E-state index contributed by atoms with van der Waals surface area (Å²) in [4.78, 5) is 8.83. The largest absolute Gasteiger partial charge is 0.496 e. The lowest BCUT2D eigenvalue weighted by atomic mass is 10.1. The lowest BCUT2D eigenvalue weighted by Crippen LogP contribution is -2.14. The van der Waals surface area contributed by atoms with E-state index in [0.29, 0.717) is 5.92 Å². The second-order valence-electron chi connectivity index (χ2n) is 5.31. The standard InChI is InChI=1S/C9H17N3.C9H12OS/c1-8(2)7-12-9(3)11-6-5-10-4;1-3-7-6-8(11)4-5-9(7)10-2/h5-6,8H,4,7H2,1-3H3,(H,11,12);4-6,11H,3H2,1-2H3/b6-5-;. The van der Waals surface area contributed by atoms with Gasteiger partial charge in [0.15, 0.2) is 0 Å². The van der Waals surface area contributed by atoms with E-state index in [1.54, 1.807) is 19.5 Å². The van der Waals surface area contributed by atoms with E-state index in [0.717, 1.165) is 29.4 Å². The smallest absolute Gasteiger partial charge is 0.122 e. The van der Waals surface area contributed by atoms with Gasteiger partial charge < -0.3 is 10.1 Å². The number of aliphatic imine (C=N–C) groups is 2. The molecule has 5 heteroatoms. The molecule has 0 amide bonds. The first kappa shape index (κ1) is 21.2. The van der Waals surface area contributed by atoms with Crippen molar-refractivity contribution in [3.05, 3.63) is 36.2 Å². The molecule has 0 aliphatic heterocycles. The van der Waals surface area contributed by atoms with Crippen LogP contribution in [-0.2, 0) is 6.42 Å². The molecule has 1 aromatic carbocycles. The van der Waals surface area contributed by atoms with Gasteiger partial charge in [-0.15, -0.1) is 12.6 Å². The third kappa shape index (κ3) is 10.6. The van der Waals surface area contributed by atoms with E-state index >= 15 is 0 Å². The number of benzene rings is 1. The maximum absolute atomic E-state index is 5.16. The second kappa shape index (κ2) is 12.8. The van der Waals surface area contributed by atoms with E-state index in [1.165, 1.54) is 5.56 Å². The number of methoxy groups -OCH3 is 1. The average Bonchev–Trinajstić information content (AvgIpc) is 2.53. The van der Waals surface area contributed by atoms with Crippen molar-refractivity contribution in [3.63, 3.8) is 0 Å². The van der Waals surface area contributed by atoms with Gasteiger partial charge in [0, 0.05) is 23.8 Å². The molecule has 0 aliphatic carbocycles. The average molecular weight is 336 g/mol. The van der Waals surface area contributed by atoms with Crippen LogP contribution in [0.2, 0.25) is 0 Å². The van der Waals surface area contributed by atoms with Gasteiger partial charge in [0.2, 0.25) is 0 Å². The molecule has 4 nitrogen and oxygen atoms in total. The third-order valence-electron chi connectivity index (χ3n) is 2.81. The molecule has 128 valence electrons. The highest BCUT2D eigenvalue weighted by molar-refractivity contribution is 7.80. The highest BCUT2D eigenvalue weighted by atomic mass is 32.1. The quantitative estimate of drug-likeness (QED) is 0.461. The number of ether oxygens (including phenoxy) is 1. The Bertz CT molecular complexity index is 525. The van der Waals surface area contributed by atoms with Crippen LogP contribution in [-0.4, -0.2) is 26.2 Å². The predicted octanol–water partition coefficient (Wildman–Crippen LogP) is 4.37. The monoisotopic (exact) mass is 335 g/mol. The Kier molecular flexibility index (Phi) is 11.8. The Balaban J connectivity index is 0.000000422. The van der Waals surface area contributed by atoms with E-state index in [9.17, 15) is 0 Å². The molecular formula is C18H29N3OS. The highest BCUT2D eigenvalue weighted by Gasteiger charge is 1.99. The number of aryl methyl sites for hydroxylation is 1. The van der Waals surface area contributed by atoms with Crippen LogP contribution in [0.1, 0.15) is 33.3 Å². The fourth-order valence-corrected chi connectivity index (χ4v) is 1.85. The summed E-state index contributed by atoms with van der Waals surface area (Å²) in [6.45, 7) is 12.5. The normalized spacial score (nSPS) is 11.2. The summed E-state index contributed by atoms with van der Waals surface area (Å²) >= 11 is 4.24. The van der Waals surface area contributed by atoms with E-state index in [4.69, 9.17) is 4.74 Å². The van der Waals surface area contributed by atoms with Crippen molar-refractivity contribution in [2.24, 2.45) is 15.9 Å². The summed E-state index contributed by atoms with van der Waals surface area (Å²) in [6, 6.07) is 5.91. The SMILES string of the molecule is C=N/C=C\NC(C)=NCC(C)C.CCc1cc(S)ccc1OC. The zero-order valence-corrected chi connectivity index (χ0v) is 15.7. The summed E-state index contributed by atoms with van der Waals surface area (Å²) in [7, 11) is 1.69. The van der Waals surface area contributed by atoms with Crippen LogP contribution >= 0.6 is 12.6 Å². The first-order chi connectivity index (χ1) is 10.9. The van der Waals surface area contributed by atoms with Crippen molar-refractivity contribution in [1.29, 1.82) is 0 Å². The molecule has 1 N–H and O–H groups in total. The first-order valence-corrected chi connectivity index (χ1v) is 8.13. The van der Waals surface area contributed by atoms with Crippen molar-refractivity contribution in [1.82, 2.24) is 5.32 Å². The van der Waals surface area contributed by atoms with Crippen LogP contribution in [0.15, 0.2) is 45.5 Å². The maximum atomic E-state index is 5.16. The zero-order chi connectivity index (χ0) is 17.7. The molecule has 0 aromatic heterocycles. The van der Waals surface area contributed by atoms with Crippen LogP contribution in [0.4, 0.5) is 0 Å². The summed E-state index contributed by atoms with van der Waals surface area (Å²) < 4.78 is 5.16. The molecule has 23 heavy (non-hydrogen) atoms. The van der Waals surface area contributed by atoms with E-state index in [-0.39, 0.29) is 0 Å². The van der Waals surface area contributed by atoms with Crippen LogP contribution < -0.4 is 10.1 Å². The van der Waals surface area contributed by atoms with Crippen molar-refractivity contribution >= 4 is 25.2 Å². The molecular weight excluding hydrogens is 306 g/mol. The molecule has 1 rings (SSSR count). The van der Waals surface area contributed by atoms with E-state index in [2.05, 4.69) is 55.4 Å². The minimum atomic E-state index is 0.600. The van der Waals surface area contributed by atoms with Gasteiger partial charge in [-0.05, 0) is 49.7 Å². The van der Waals surface area contributed by atoms with Gasteiger partial charge in [-0.3, -0.25) is 9.98 Å². The summed E-state index contributed by atoms with van der Waals surface area (Å²) in [6.07, 6.45) is 4.29. The van der Waals surface area contributed by atoms with Gasteiger partial charge in [0.05, 0.1) is 12.9 Å². The molecule has 0 bridgehead atoms. The van der Waals surface area contributed by atoms with Gasteiger partial charge in [0.25, 0.3) is 0 Å². The third-order valence-corrected chi connectivity index (χ3v) is 3.09. The van der Waals surface area contributed by atoms with Gasteiger partial charge >= 0.3 is 0 Å². The van der Waals surface area contributed by atoms with Gasteiger partial charge in [-0.1, -0.05) is 20.8 Å². The molecule has 0 saturated carbocycles. The van der Waals surface area contributed by atoms with E-state index < -0.39 is 0 Å². The van der Waals surface area contributed by atoms with Crippen LogP contribution in [0.25, 0.3) is 0 Å². The molecule has 0 heterocycles.